The molecule has 2 heteroatoms. The van der Waals surface area contributed by atoms with Crippen molar-refractivity contribution >= 4 is 12.2 Å². The van der Waals surface area contributed by atoms with E-state index in [9.17, 15) is 0 Å². The van der Waals surface area contributed by atoms with Crippen LogP contribution in [-0.2, 0) is 0 Å². The number of aryl methyl sites for hydroxylation is 1. The average Bonchev–Trinajstić information content (AvgIpc) is 2.29. The number of hydrogen-bond acceptors (Lipinski definition) is 0. The fourth-order valence-electron chi connectivity index (χ4n) is 1.47. The molecule has 0 radical (unpaired) electrons. The molecule has 0 amide bonds. The van der Waals surface area contributed by atoms with Crippen LogP contribution < -0.4 is 17.4 Å². The molecule has 0 spiro atoms. The zero-order chi connectivity index (χ0) is 10.5. The van der Waals surface area contributed by atoms with Gasteiger partial charge in [0.1, 0.15) is 0 Å². The normalized spacial score (nSPS) is 10.1. The standard InChI is InChI=1S/C14H13N.ClH/c1-12-4-2-3-5-14(12)7-6-13-8-10-15-11-9-13;/h2-11H,1H3;1H/b7-6+;. The summed E-state index contributed by atoms with van der Waals surface area (Å²) in [5.41, 5.74) is 3.78. The van der Waals surface area contributed by atoms with Gasteiger partial charge in [0.2, 0.25) is 0 Å². The van der Waals surface area contributed by atoms with Gasteiger partial charge >= 0.3 is 0 Å². The highest BCUT2D eigenvalue weighted by atomic mass is 35.5. The van der Waals surface area contributed by atoms with Crippen LogP contribution in [-0.4, -0.2) is 0 Å². The van der Waals surface area contributed by atoms with Gasteiger partial charge in [0.25, 0.3) is 0 Å². The van der Waals surface area contributed by atoms with Crippen molar-refractivity contribution in [3.05, 3.63) is 65.5 Å². The monoisotopic (exact) mass is 231 g/mol. The molecule has 1 aromatic heterocycles. The Morgan fingerprint density at radius 3 is 2.31 bits per heavy atom. The molecule has 1 N–H and O–H groups in total. The Morgan fingerprint density at radius 1 is 0.938 bits per heavy atom. The first-order chi connectivity index (χ1) is 7.36. The molecule has 0 saturated carbocycles. The van der Waals surface area contributed by atoms with Gasteiger partial charge in [-0.1, -0.05) is 36.4 Å². The molecule has 1 heterocycles. The number of aromatic nitrogens is 1. The van der Waals surface area contributed by atoms with Crippen molar-refractivity contribution in [3.63, 3.8) is 0 Å². The van der Waals surface area contributed by atoms with E-state index < -0.39 is 0 Å². The molecule has 0 bridgehead atoms. The predicted octanol–water partition coefficient (Wildman–Crippen LogP) is -0.0165. The molecule has 16 heavy (non-hydrogen) atoms. The molecule has 82 valence electrons. The minimum atomic E-state index is 0. The van der Waals surface area contributed by atoms with E-state index in [0.717, 1.165) is 0 Å². The van der Waals surface area contributed by atoms with E-state index in [2.05, 4.69) is 60.5 Å². The third-order valence-electron chi connectivity index (χ3n) is 2.39. The maximum absolute atomic E-state index is 3.01. The number of H-pyrrole nitrogens is 1. The van der Waals surface area contributed by atoms with Crippen molar-refractivity contribution in [3.8, 4) is 0 Å². The quantitative estimate of drug-likeness (QED) is 0.690. The molecule has 0 fully saturated rings. The zero-order valence-electron chi connectivity index (χ0n) is 9.15. The number of pyridine rings is 1. The van der Waals surface area contributed by atoms with Crippen molar-refractivity contribution < 1.29 is 17.4 Å². The highest BCUT2D eigenvalue weighted by molar-refractivity contribution is 5.70. The molecular formula is C14H14ClN. The van der Waals surface area contributed by atoms with Crippen LogP contribution in [0.5, 0.6) is 0 Å². The van der Waals surface area contributed by atoms with Gasteiger partial charge in [-0.3, -0.25) is 0 Å². The van der Waals surface area contributed by atoms with E-state index in [1.807, 2.05) is 12.4 Å². The summed E-state index contributed by atoms with van der Waals surface area (Å²) in [4.78, 5) is 3.01. The van der Waals surface area contributed by atoms with Crippen molar-refractivity contribution in [2.24, 2.45) is 0 Å². The molecule has 2 rings (SSSR count). The summed E-state index contributed by atoms with van der Waals surface area (Å²) in [5.74, 6) is 0. The van der Waals surface area contributed by atoms with Crippen LogP contribution in [0.25, 0.3) is 12.2 Å². The van der Waals surface area contributed by atoms with E-state index in [0.29, 0.717) is 0 Å². The maximum Gasteiger partial charge on any atom is 0.167 e. The SMILES string of the molecule is Cc1ccccc1/C=C/c1cc[nH+]cc1.[Cl-]. The van der Waals surface area contributed by atoms with Crippen molar-refractivity contribution in [1.82, 2.24) is 0 Å². The lowest BCUT2D eigenvalue weighted by atomic mass is 10.1. The fraction of sp³-hybridized carbons (Fsp3) is 0.0714. The van der Waals surface area contributed by atoms with E-state index in [4.69, 9.17) is 0 Å². The van der Waals surface area contributed by atoms with E-state index in [1.165, 1.54) is 16.7 Å². The number of benzene rings is 1. The van der Waals surface area contributed by atoms with E-state index >= 15 is 0 Å². The second kappa shape index (κ2) is 6.09. The number of rotatable bonds is 2. The summed E-state index contributed by atoms with van der Waals surface area (Å²) < 4.78 is 0. The van der Waals surface area contributed by atoms with Crippen LogP contribution in [0.3, 0.4) is 0 Å². The van der Waals surface area contributed by atoms with Crippen molar-refractivity contribution in [1.29, 1.82) is 0 Å². The van der Waals surface area contributed by atoms with E-state index in [-0.39, 0.29) is 12.4 Å². The molecule has 0 aliphatic heterocycles. The molecule has 0 aliphatic rings. The van der Waals surface area contributed by atoms with Crippen LogP contribution in [0.1, 0.15) is 16.7 Å². The first-order valence-electron chi connectivity index (χ1n) is 5.06. The highest BCUT2D eigenvalue weighted by Crippen LogP contribution is 2.11. The first-order valence-corrected chi connectivity index (χ1v) is 5.06. The Morgan fingerprint density at radius 2 is 1.62 bits per heavy atom. The molecular weight excluding hydrogens is 218 g/mol. The average molecular weight is 232 g/mol. The fourth-order valence-corrected chi connectivity index (χ4v) is 1.47. The van der Waals surface area contributed by atoms with Crippen LogP contribution in [0.4, 0.5) is 0 Å². The van der Waals surface area contributed by atoms with Crippen LogP contribution >= 0.6 is 0 Å². The minimum absolute atomic E-state index is 0. The zero-order valence-corrected chi connectivity index (χ0v) is 9.91. The lowest BCUT2D eigenvalue weighted by Crippen LogP contribution is -3.00. The highest BCUT2D eigenvalue weighted by Gasteiger charge is 1.91. The molecule has 2 aromatic rings. The second-order valence-corrected chi connectivity index (χ2v) is 3.52. The third-order valence-corrected chi connectivity index (χ3v) is 2.39. The molecule has 0 unspecified atom stereocenters. The largest absolute Gasteiger partial charge is 1.00 e. The topological polar surface area (TPSA) is 14.1 Å². The third kappa shape index (κ3) is 3.21. The summed E-state index contributed by atoms with van der Waals surface area (Å²) in [6.07, 6.45) is 8.12. The minimum Gasteiger partial charge on any atom is -1.00 e. The van der Waals surface area contributed by atoms with Gasteiger partial charge in [0.15, 0.2) is 12.4 Å². The van der Waals surface area contributed by atoms with Crippen molar-refractivity contribution in [2.75, 3.05) is 0 Å². The Labute approximate surface area is 102 Å². The van der Waals surface area contributed by atoms with Crippen LogP contribution in [0.15, 0.2) is 48.8 Å². The van der Waals surface area contributed by atoms with Gasteiger partial charge in [-0.2, -0.15) is 0 Å². The Bertz CT molecular complexity index is 463. The lowest BCUT2D eigenvalue weighted by Gasteiger charge is -1.97. The van der Waals surface area contributed by atoms with Gasteiger partial charge in [0.05, 0.1) is 0 Å². The van der Waals surface area contributed by atoms with E-state index in [1.54, 1.807) is 0 Å². The maximum atomic E-state index is 3.01. The van der Waals surface area contributed by atoms with Crippen LogP contribution in [0, 0.1) is 6.92 Å². The Hall–Kier alpha value is -1.60. The predicted molar refractivity (Wildman–Crippen MR) is 63.1 cm³/mol. The molecule has 0 aliphatic carbocycles. The Kier molecular flexibility index (Phi) is 4.74. The van der Waals surface area contributed by atoms with Crippen molar-refractivity contribution in [2.45, 2.75) is 6.92 Å². The summed E-state index contributed by atoms with van der Waals surface area (Å²) in [6.45, 7) is 2.12. The first kappa shape index (κ1) is 12.5. The number of aromatic amines is 1. The van der Waals surface area contributed by atoms with Gasteiger partial charge in [-0.15, -0.1) is 0 Å². The number of halogens is 1. The van der Waals surface area contributed by atoms with Gasteiger partial charge in [0, 0.05) is 12.1 Å². The van der Waals surface area contributed by atoms with Crippen LogP contribution in [0.2, 0.25) is 0 Å². The lowest BCUT2D eigenvalue weighted by molar-refractivity contribution is -0.378. The number of nitrogens with one attached hydrogen (secondary N) is 1. The molecule has 1 nitrogen and oxygen atoms in total. The summed E-state index contributed by atoms with van der Waals surface area (Å²) in [7, 11) is 0. The second-order valence-electron chi connectivity index (χ2n) is 3.52. The molecule has 0 saturated heterocycles. The van der Waals surface area contributed by atoms with Gasteiger partial charge in [-0.25, -0.2) is 4.98 Å². The summed E-state index contributed by atoms with van der Waals surface area (Å²) in [5, 5.41) is 0. The molecule has 0 atom stereocenters. The smallest absolute Gasteiger partial charge is 0.167 e. The van der Waals surface area contributed by atoms with Gasteiger partial charge in [-0.05, 0) is 23.6 Å². The van der Waals surface area contributed by atoms with Gasteiger partial charge < -0.3 is 12.4 Å². The molecule has 1 aromatic carbocycles. The Balaban J connectivity index is 0.00000128. The summed E-state index contributed by atoms with van der Waals surface area (Å²) in [6, 6.07) is 12.5. The summed E-state index contributed by atoms with van der Waals surface area (Å²) >= 11 is 0. The number of hydrogen-bond donors (Lipinski definition) is 0.